The molecule has 2 atom stereocenters. The summed E-state index contributed by atoms with van der Waals surface area (Å²) in [6.45, 7) is 3.45. The van der Waals surface area contributed by atoms with Gasteiger partial charge in [-0.25, -0.2) is 0 Å². The average Bonchev–Trinajstić information content (AvgIpc) is 2.52. The van der Waals surface area contributed by atoms with E-state index < -0.39 is 0 Å². The molecule has 2 unspecified atom stereocenters. The monoisotopic (exact) mass is 303 g/mol. The van der Waals surface area contributed by atoms with Crippen LogP contribution < -0.4 is 14.8 Å². The van der Waals surface area contributed by atoms with Crippen LogP contribution in [0.15, 0.2) is 48.5 Å². The van der Waals surface area contributed by atoms with Crippen LogP contribution in [0.4, 0.5) is 0 Å². The highest BCUT2D eigenvalue weighted by Gasteiger charge is 2.32. The lowest BCUT2D eigenvalue weighted by Crippen LogP contribution is -2.42. The predicted molar refractivity (Wildman–Crippen MR) is 84.2 cm³/mol. The Morgan fingerprint density at radius 3 is 2.76 bits per heavy atom. The number of fused-ring (bicyclic) bond motifs is 1. The van der Waals surface area contributed by atoms with E-state index in [-0.39, 0.29) is 12.1 Å². The topological polar surface area (TPSA) is 30.5 Å². The zero-order chi connectivity index (χ0) is 14.7. The normalized spacial score (nSPS) is 20.5. The molecule has 2 aromatic rings. The lowest BCUT2D eigenvalue weighted by atomic mass is 9.98. The summed E-state index contributed by atoms with van der Waals surface area (Å²) in [5.41, 5.74) is 1.13. The van der Waals surface area contributed by atoms with Gasteiger partial charge in [0.15, 0.2) is 6.10 Å². The first-order valence-corrected chi connectivity index (χ1v) is 7.53. The van der Waals surface area contributed by atoms with Gasteiger partial charge in [0.25, 0.3) is 0 Å². The Morgan fingerprint density at radius 2 is 1.95 bits per heavy atom. The van der Waals surface area contributed by atoms with Crippen LogP contribution in [0.2, 0.25) is 5.02 Å². The SMILES string of the molecule is CCNC1c2ccccc2OCC1Oc1ccccc1Cl. The number of benzene rings is 2. The van der Waals surface area contributed by atoms with Crippen molar-refractivity contribution in [1.82, 2.24) is 5.32 Å². The number of hydrogen-bond acceptors (Lipinski definition) is 3. The number of likely N-dealkylation sites (N-methyl/N-ethyl adjacent to an activating group) is 1. The Kier molecular flexibility index (Phi) is 4.32. The quantitative estimate of drug-likeness (QED) is 0.931. The Balaban J connectivity index is 1.87. The maximum Gasteiger partial charge on any atom is 0.152 e. The summed E-state index contributed by atoms with van der Waals surface area (Å²) in [6, 6.07) is 15.7. The summed E-state index contributed by atoms with van der Waals surface area (Å²) in [5, 5.41) is 4.10. The minimum Gasteiger partial charge on any atom is -0.489 e. The van der Waals surface area contributed by atoms with Crippen molar-refractivity contribution in [2.45, 2.75) is 19.1 Å². The molecular formula is C17H18ClNO2. The molecule has 0 saturated heterocycles. The molecule has 1 aliphatic heterocycles. The van der Waals surface area contributed by atoms with Gasteiger partial charge in [-0.05, 0) is 24.7 Å². The van der Waals surface area contributed by atoms with Gasteiger partial charge in [-0.2, -0.15) is 0 Å². The molecule has 21 heavy (non-hydrogen) atoms. The minimum atomic E-state index is -0.111. The smallest absolute Gasteiger partial charge is 0.152 e. The van der Waals surface area contributed by atoms with Crippen molar-refractivity contribution in [2.24, 2.45) is 0 Å². The molecule has 3 rings (SSSR count). The van der Waals surface area contributed by atoms with E-state index in [0.29, 0.717) is 17.4 Å². The molecule has 0 aromatic heterocycles. The van der Waals surface area contributed by atoms with Crippen LogP contribution >= 0.6 is 11.6 Å². The van der Waals surface area contributed by atoms with Gasteiger partial charge in [-0.1, -0.05) is 48.9 Å². The van der Waals surface area contributed by atoms with Crippen LogP contribution in [0.1, 0.15) is 18.5 Å². The van der Waals surface area contributed by atoms with Gasteiger partial charge in [0.05, 0.1) is 11.1 Å². The highest BCUT2D eigenvalue weighted by Crippen LogP contribution is 2.35. The molecule has 0 radical (unpaired) electrons. The van der Waals surface area contributed by atoms with Crippen molar-refractivity contribution in [3.8, 4) is 11.5 Å². The second kappa shape index (κ2) is 6.37. The summed E-state index contributed by atoms with van der Waals surface area (Å²) in [6.07, 6.45) is -0.111. The fraction of sp³-hybridized carbons (Fsp3) is 0.294. The first-order valence-electron chi connectivity index (χ1n) is 7.16. The molecule has 3 nitrogen and oxygen atoms in total. The molecule has 0 aliphatic carbocycles. The fourth-order valence-electron chi connectivity index (χ4n) is 2.60. The summed E-state index contributed by atoms with van der Waals surface area (Å²) in [4.78, 5) is 0. The molecule has 0 amide bonds. The van der Waals surface area contributed by atoms with Crippen molar-refractivity contribution in [2.75, 3.05) is 13.2 Å². The summed E-state index contributed by atoms with van der Waals surface area (Å²) in [7, 11) is 0. The first kappa shape index (κ1) is 14.2. The van der Waals surface area contributed by atoms with Crippen LogP contribution in [0.3, 0.4) is 0 Å². The maximum absolute atomic E-state index is 6.18. The molecule has 0 fully saturated rings. The molecule has 0 spiro atoms. The molecule has 110 valence electrons. The van der Waals surface area contributed by atoms with Gasteiger partial charge >= 0.3 is 0 Å². The second-order valence-electron chi connectivity index (χ2n) is 4.97. The number of para-hydroxylation sites is 2. The molecule has 0 bridgehead atoms. The molecule has 2 aromatic carbocycles. The van der Waals surface area contributed by atoms with E-state index in [2.05, 4.69) is 18.3 Å². The van der Waals surface area contributed by atoms with Crippen LogP contribution in [-0.4, -0.2) is 19.3 Å². The molecular weight excluding hydrogens is 286 g/mol. The van der Waals surface area contributed by atoms with E-state index >= 15 is 0 Å². The summed E-state index contributed by atoms with van der Waals surface area (Å²) < 4.78 is 11.9. The Morgan fingerprint density at radius 1 is 1.19 bits per heavy atom. The van der Waals surface area contributed by atoms with Gasteiger partial charge in [0, 0.05) is 5.56 Å². The number of nitrogens with one attached hydrogen (secondary N) is 1. The molecule has 1 aliphatic rings. The molecule has 1 heterocycles. The standard InChI is InChI=1S/C17H18ClNO2/c1-2-19-17-12-7-3-5-9-14(12)20-11-16(17)21-15-10-6-4-8-13(15)18/h3-10,16-17,19H,2,11H2,1H3. The third-order valence-electron chi connectivity index (χ3n) is 3.57. The van der Waals surface area contributed by atoms with Crippen LogP contribution in [-0.2, 0) is 0 Å². The maximum atomic E-state index is 6.18. The number of halogens is 1. The Hall–Kier alpha value is -1.71. The third kappa shape index (κ3) is 2.99. The summed E-state index contributed by atoms with van der Waals surface area (Å²) in [5.74, 6) is 1.61. The number of rotatable bonds is 4. The molecule has 4 heteroatoms. The van der Waals surface area contributed by atoms with E-state index in [4.69, 9.17) is 21.1 Å². The Labute approximate surface area is 129 Å². The highest BCUT2D eigenvalue weighted by atomic mass is 35.5. The third-order valence-corrected chi connectivity index (χ3v) is 3.88. The summed E-state index contributed by atoms with van der Waals surface area (Å²) >= 11 is 6.18. The Bertz CT molecular complexity index is 617. The molecule has 1 N–H and O–H groups in total. The zero-order valence-electron chi connectivity index (χ0n) is 11.9. The van der Waals surface area contributed by atoms with E-state index in [1.807, 2.05) is 42.5 Å². The van der Waals surface area contributed by atoms with Crippen molar-refractivity contribution in [1.29, 1.82) is 0 Å². The number of ether oxygens (including phenoxy) is 2. The fourth-order valence-corrected chi connectivity index (χ4v) is 2.78. The average molecular weight is 304 g/mol. The van der Waals surface area contributed by atoms with Crippen molar-refractivity contribution < 1.29 is 9.47 Å². The minimum absolute atomic E-state index is 0.0937. The van der Waals surface area contributed by atoms with Crippen molar-refractivity contribution in [3.63, 3.8) is 0 Å². The highest BCUT2D eigenvalue weighted by molar-refractivity contribution is 6.32. The van der Waals surface area contributed by atoms with Crippen LogP contribution in [0, 0.1) is 0 Å². The number of hydrogen-bond donors (Lipinski definition) is 1. The van der Waals surface area contributed by atoms with Gasteiger partial charge in [-0.3, -0.25) is 0 Å². The lowest BCUT2D eigenvalue weighted by Gasteiger charge is -2.34. The first-order chi connectivity index (χ1) is 10.3. The van der Waals surface area contributed by atoms with Crippen LogP contribution in [0.5, 0.6) is 11.5 Å². The van der Waals surface area contributed by atoms with E-state index in [1.165, 1.54) is 0 Å². The van der Waals surface area contributed by atoms with E-state index in [9.17, 15) is 0 Å². The van der Waals surface area contributed by atoms with Gasteiger partial charge < -0.3 is 14.8 Å². The van der Waals surface area contributed by atoms with E-state index in [0.717, 1.165) is 17.9 Å². The van der Waals surface area contributed by atoms with Crippen molar-refractivity contribution in [3.05, 3.63) is 59.1 Å². The molecule has 0 saturated carbocycles. The second-order valence-corrected chi connectivity index (χ2v) is 5.38. The largest absolute Gasteiger partial charge is 0.489 e. The van der Waals surface area contributed by atoms with Crippen LogP contribution in [0.25, 0.3) is 0 Å². The zero-order valence-corrected chi connectivity index (χ0v) is 12.6. The van der Waals surface area contributed by atoms with Crippen molar-refractivity contribution >= 4 is 11.6 Å². The van der Waals surface area contributed by atoms with Gasteiger partial charge in [0.2, 0.25) is 0 Å². The van der Waals surface area contributed by atoms with Gasteiger partial charge in [0.1, 0.15) is 18.1 Å². The lowest BCUT2D eigenvalue weighted by molar-refractivity contribution is 0.0753. The van der Waals surface area contributed by atoms with E-state index in [1.54, 1.807) is 0 Å². The predicted octanol–water partition coefficient (Wildman–Crippen LogP) is 3.83. The van der Waals surface area contributed by atoms with Gasteiger partial charge in [-0.15, -0.1) is 0 Å².